The Balaban J connectivity index is 2.25. The SMILES string of the molecule is CC(N)C(C)C(=O)NCC1CCC(=O)N1. The molecule has 0 bridgehead atoms. The lowest BCUT2D eigenvalue weighted by molar-refractivity contribution is -0.125. The van der Waals surface area contributed by atoms with Crippen LogP contribution in [0.1, 0.15) is 26.7 Å². The van der Waals surface area contributed by atoms with E-state index < -0.39 is 0 Å². The van der Waals surface area contributed by atoms with Crippen molar-refractivity contribution in [3.05, 3.63) is 0 Å². The molecule has 1 aliphatic rings. The van der Waals surface area contributed by atoms with Crippen molar-refractivity contribution >= 4 is 11.8 Å². The van der Waals surface area contributed by atoms with E-state index in [9.17, 15) is 9.59 Å². The van der Waals surface area contributed by atoms with Crippen molar-refractivity contribution in [2.75, 3.05) is 6.54 Å². The van der Waals surface area contributed by atoms with Gasteiger partial charge in [0, 0.05) is 31.0 Å². The second-order valence-electron chi connectivity index (χ2n) is 4.20. The number of hydrogen-bond acceptors (Lipinski definition) is 3. The van der Waals surface area contributed by atoms with Gasteiger partial charge in [-0.05, 0) is 13.3 Å². The minimum Gasteiger partial charge on any atom is -0.354 e. The molecule has 1 saturated heterocycles. The van der Waals surface area contributed by atoms with Gasteiger partial charge in [-0.1, -0.05) is 6.92 Å². The van der Waals surface area contributed by atoms with Gasteiger partial charge in [0.15, 0.2) is 0 Å². The standard InChI is InChI=1S/C10H19N3O2/c1-6(7(2)11)10(15)12-5-8-3-4-9(14)13-8/h6-8H,3-5,11H2,1-2H3,(H,12,15)(H,13,14). The second-order valence-corrected chi connectivity index (χ2v) is 4.20. The highest BCUT2D eigenvalue weighted by Crippen LogP contribution is 2.06. The number of carbonyl (C=O) groups excluding carboxylic acids is 2. The van der Waals surface area contributed by atoms with Crippen molar-refractivity contribution in [3.8, 4) is 0 Å². The smallest absolute Gasteiger partial charge is 0.224 e. The van der Waals surface area contributed by atoms with Gasteiger partial charge in [0.2, 0.25) is 11.8 Å². The highest BCUT2D eigenvalue weighted by atomic mass is 16.2. The van der Waals surface area contributed by atoms with Gasteiger partial charge in [0.25, 0.3) is 0 Å². The number of rotatable bonds is 4. The molecule has 1 fully saturated rings. The topological polar surface area (TPSA) is 84.2 Å². The zero-order valence-corrected chi connectivity index (χ0v) is 9.25. The summed E-state index contributed by atoms with van der Waals surface area (Å²) in [5.41, 5.74) is 5.61. The summed E-state index contributed by atoms with van der Waals surface area (Å²) in [7, 11) is 0. The van der Waals surface area contributed by atoms with Crippen molar-refractivity contribution in [3.63, 3.8) is 0 Å². The van der Waals surface area contributed by atoms with E-state index >= 15 is 0 Å². The minimum absolute atomic E-state index is 0.0499. The Bertz CT molecular complexity index is 253. The normalized spacial score (nSPS) is 24.5. The van der Waals surface area contributed by atoms with Crippen LogP contribution in [-0.2, 0) is 9.59 Å². The van der Waals surface area contributed by atoms with E-state index in [2.05, 4.69) is 10.6 Å². The quantitative estimate of drug-likeness (QED) is 0.581. The fourth-order valence-corrected chi connectivity index (χ4v) is 1.45. The molecule has 2 amide bonds. The molecule has 5 heteroatoms. The van der Waals surface area contributed by atoms with Gasteiger partial charge in [0.05, 0.1) is 0 Å². The average Bonchev–Trinajstić information content (AvgIpc) is 2.59. The molecule has 3 atom stereocenters. The monoisotopic (exact) mass is 213 g/mol. The maximum Gasteiger partial charge on any atom is 0.224 e. The molecule has 1 aliphatic heterocycles. The molecule has 1 heterocycles. The predicted molar refractivity (Wildman–Crippen MR) is 57.0 cm³/mol. The van der Waals surface area contributed by atoms with Gasteiger partial charge in [-0.2, -0.15) is 0 Å². The maximum atomic E-state index is 11.5. The zero-order chi connectivity index (χ0) is 11.4. The van der Waals surface area contributed by atoms with Crippen molar-refractivity contribution in [1.82, 2.24) is 10.6 Å². The Labute approximate surface area is 89.8 Å². The number of nitrogens with two attached hydrogens (primary N) is 1. The van der Waals surface area contributed by atoms with Crippen LogP contribution in [0.2, 0.25) is 0 Å². The second kappa shape index (κ2) is 5.11. The molecule has 3 unspecified atom stereocenters. The molecule has 15 heavy (non-hydrogen) atoms. The van der Waals surface area contributed by atoms with E-state index in [1.54, 1.807) is 6.92 Å². The third kappa shape index (κ3) is 3.51. The molecule has 0 aromatic rings. The van der Waals surface area contributed by atoms with Crippen molar-refractivity contribution in [2.45, 2.75) is 38.8 Å². The highest BCUT2D eigenvalue weighted by Gasteiger charge is 2.22. The maximum absolute atomic E-state index is 11.5. The minimum atomic E-state index is -0.192. The number of nitrogens with one attached hydrogen (secondary N) is 2. The first kappa shape index (κ1) is 12.0. The lowest BCUT2D eigenvalue weighted by atomic mass is 10.0. The van der Waals surface area contributed by atoms with Gasteiger partial charge in [-0.15, -0.1) is 0 Å². The summed E-state index contributed by atoms with van der Waals surface area (Å²) in [5, 5.41) is 5.59. The Morgan fingerprint density at radius 2 is 2.33 bits per heavy atom. The van der Waals surface area contributed by atoms with E-state index in [1.165, 1.54) is 0 Å². The summed E-state index contributed by atoms with van der Waals surface area (Å²) >= 11 is 0. The van der Waals surface area contributed by atoms with Crippen LogP contribution in [-0.4, -0.2) is 30.4 Å². The molecule has 1 rings (SSSR count). The molecule has 0 aromatic heterocycles. The highest BCUT2D eigenvalue weighted by molar-refractivity contribution is 5.80. The molecule has 4 N–H and O–H groups in total. The first-order chi connectivity index (χ1) is 7.00. The molecule has 0 aliphatic carbocycles. The van der Waals surface area contributed by atoms with Crippen molar-refractivity contribution < 1.29 is 9.59 Å². The first-order valence-corrected chi connectivity index (χ1v) is 5.33. The van der Waals surface area contributed by atoms with Gasteiger partial charge in [0.1, 0.15) is 0 Å². The largest absolute Gasteiger partial charge is 0.354 e. The van der Waals surface area contributed by atoms with E-state index in [1.807, 2.05) is 6.92 Å². The summed E-state index contributed by atoms with van der Waals surface area (Å²) in [6.45, 7) is 4.11. The summed E-state index contributed by atoms with van der Waals surface area (Å²) in [4.78, 5) is 22.4. The van der Waals surface area contributed by atoms with Crippen LogP contribution >= 0.6 is 0 Å². The Morgan fingerprint density at radius 3 is 2.80 bits per heavy atom. The van der Waals surface area contributed by atoms with Gasteiger partial charge < -0.3 is 16.4 Å². The van der Waals surface area contributed by atoms with Crippen LogP contribution in [0.25, 0.3) is 0 Å². The molecular formula is C10H19N3O2. The molecule has 0 radical (unpaired) electrons. The van der Waals surface area contributed by atoms with Crippen LogP contribution in [0, 0.1) is 5.92 Å². The van der Waals surface area contributed by atoms with E-state index in [4.69, 9.17) is 5.73 Å². The summed E-state index contributed by atoms with van der Waals surface area (Å²) in [6.07, 6.45) is 1.36. The number of carbonyl (C=O) groups is 2. The van der Waals surface area contributed by atoms with E-state index in [-0.39, 0.29) is 29.8 Å². The van der Waals surface area contributed by atoms with Crippen LogP contribution in [0.4, 0.5) is 0 Å². The van der Waals surface area contributed by atoms with Crippen LogP contribution < -0.4 is 16.4 Å². The van der Waals surface area contributed by atoms with Crippen LogP contribution in [0.5, 0.6) is 0 Å². The van der Waals surface area contributed by atoms with Crippen LogP contribution in [0.3, 0.4) is 0 Å². The third-order valence-electron chi connectivity index (χ3n) is 2.81. The van der Waals surface area contributed by atoms with Gasteiger partial charge in [-0.3, -0.25) is 9.59 Å². The van der Waals surface area contributed by atoms with E-state index in [0.29, 0.717) is 13.0 Å². The van der Waals surface area contributed by atoms with Gasteiger partial charge >= 0.3 is 0 Å². The molecule has 0 aromatic carbocycles. The number of hydrogen-bond donors (Lipinski definition) is 3. The molecular weight excluding hydrogens is 194 g/mol. The van der Waals surface area contributed by atoms with Crippen molar-refractivity contribution in [1.29, 1.82) is 0 Å². The van der Waals surface area contributed by atoms with Crippen molar-refractivity contribution in [2.24, 2.45) is 11.7 Å². The summed E-state index contributed by atoms with van der Waals surface area (Å²) in [6, 6.07) is -0.0649. The molecule has 86 valence electrons. The zero-order valence-electron chi connectivity index (χ0n) is 9.25. The number of amides is 2. The molecule has 0 saturated carbocycles. The lowest BCUT2D eigenvalue weighted by Crippen LogP contribution is -2.43. The average molecular weight is 213 g/mol. The predicted octanol–water partition coefficient (Wildman–Crippen LogP) is -0.635. The first-order valence-electron chi connectivity index (χ1n) is 5.33. The van der Waals surface area contributed by atoms with E-state index in [0.717, 1.165) is 6.42 Å². The lowest BCUT2D eigenvalue weighted by Gasteiger charge is -2.17. The fraction of sp³-hybridized carbons (Fsp3) is 0.800. The Kier molecular flexibility index (Phi) is 4.08. The molecule has 0 spiro atoms. The fourth-order valence-electron chi connectivity index (χ4n) is 1.45. The Morgan fingerprint density at radius 1 is 1.67 bits per heavy atom. The molecule has 5 nitrogen and oxygen atoms in total. The summed E-state index contributed by atoms with van der Waals surface area (Å²) < 4.78 is 0. The van der Waals surface area contributed by atoms with Gasteiger partial charge in [-0.25, -0.2) is 0 Å². The Hall–Kier alpha value is -1.10. The summed E-state index contributed by atoms with van der Waals surface area (Å²) in [5.74, 6) is -0.178. The third-order valence-corrected chi connectivity index (χ3v) is 2.81. The van der Waals surface area contributed by atoms with Crippen LogP contribution in [0.15, 0.2) is 0 Å².